The first-order valence-electron chi connectivity index (χ1n) is 3.10. The van der Waals surface area contributed by atoms with Crippen molar-refractivity contribution in [2.75, 3.05) is 0 Å². The molecular formula is C7H8CaO3S. The molecule has 5 heteroatoms. The van der Waals surface area contributed by atoms with Crippen LogP contribution in [-0.2, 0) is 9.30 Å². The van der Waals surface area contributed by atoms with E-state index in [-0.39, 0.29) is 46.3 Å². The second-order valence-electron chi connectivity index (χ2n) is 2.27. The van der Waals surface area contributed by atoms with Crippen molar-refractivity contribution in [3.63, 3.8) is 0 Å². The largest absolute Gasteiger partial charge is 2.00 e. The topological polar surface area (TPSA) is 53.0 Å². The number of rotatable bonds is 1. The SMILES string of the molecule is Oc1ccccc1C1(O)OS1.[Ca+2].[H-].[H-]. The fourth-order valence-corrected chi connectivity index (χ4v) is 1.30. The molecule has 1 fully saturated rings. The maximum absolute atomic E-state index is 9.36. The van der Waals surface area contributed by atoms with Crippen LogP contribution in [0.15, 0.2) is 24.3 Å². The van der Waals surface area contributed by atoms with Gasteiger partial charge in [-0.1, -0.05) is 12.1 Å². The minimum atomic E-state index is -1.30. The van der Waals surface area contributed by atoms with Gasteiger partial charge in [0.2, 0.25) is 0 Å². The summed E-state index contributed by atoms with van der Waals surface area (Å²) in [5, 5.41) is 17.3. The summed E-state index contributed by atoms with van der Waals surface area (Å²) in [6, 6.07) is 6.55. The number of hydrogen-bond acceptors (Lipinski definition) is 4. The average Bonchev–Trinajstić information content (AvgIpc) is 2.70. The fraction of sp³-hybridized carbons (Fsp3) is 0.143. The molecule has 1 aromatic rings. The van der Waals surface area contributed by atoms with E-state index in [1.807, 2.05) is 0 Å². The molecule has 0 aromatic heterocycles. The minimum Gasteiger partial charge on any atom is -1.00 e. The molecule has 1 aliphatic heterocycles. The Morgan fingerprint density at radius 2 is 2.00 bits per heavy atom. The molecule has 0 radical (unpaired) electrons. The molecule has 1 unspecified atom stereocenters. The van der Waals surface area contributed by atoms with Crippen LogP contribution in [0.1, 0.15) is 8.42 Å². The maximum Gasteiger partial charge on any atom is 2.00 e. The number of aliphatic hydroxyl groups is 1. The van der Waals surface area contributed by atoms with Crippen molar-refractivity contribution in [2.24, 2.45) is 0 Å². The summed E-state index contributed by atoms with van der Waals surface area (Å²) in [6.45, 7) is 0. The Labute approximate surface area is 107 Å². The van der Waals surface area contributed by atoms with Crippen molar-refractivity contribution in [1.29, 1.82) is 0 Å². The first-order valence-corrected chi connectivity index (χ1v) is 3.84. The Morgan fingerprint density at radius 3 is 2.50 bits per heavy atom. The van der Waals surface area contributed by atoms with Crippen LogP contribution in [0.2, 0.25) is 0 Å². The molecule has 3 nitrogen and oxygen atoms in total. The van der Waals surface area contributed by atoms with E-state index in [2.05, 4.69) is 4.18 Å². The van der Waals surface area contributed by atoms with Gasteiger partial charge in [0, 0.05) is 0 Å². The molecule has 0 spiro atoms. The Bertz CT molecular complexity index is 296. The van der Waals surface area contributed by atoms with Gasteiger partial charge in [-0.2, -0.15) is 0 Å². The molecule has 2 N–H and O–H groups in total. The van der Waals surface area contributed by atoms with Crippen molar-refractivity contribution < 1.29 is 17.2 Å². The van der Waals surface area contributed by atoms with Crippen molar-refractivity contribution >= 4 is 49.8 Å². The third-order valence-electron chi connectivity index (χ3n) is 1.49. The summed E-state index contributed by atoms with van der Waals surface area (Å²) in [4.78, 5) is 0. The zero-order chi connectivity index (χ0) is 7.90. The van der Waals surface area contributed by atoms with Crippen molar-refractivity contribution in [3.8, 4) is 5.75 Å². The summed E-state index contributed by atoms with van der Waals surface area (Å²) in [6.07, 6.45) is 0. The summed E-state index contributed by atoms with van der Waals surface area (Å²) < 4.78 is 4.68. The summed E-state index contributed by atoms with van der Waals surface area (Å²) in [7, 11) is 0. The quantitative estimate of drug-likeness (QED) is 0.414. The fourth-order valence-electron chi connectivity index (χ4n) is 0.870. The van der Waals surface area contributed by atoms with E-state index in [0.29, 0.717) is 5.56 Å². The van der Waals surface area contributed by atoms with Crippen LogP contribution >= 0.6 is 12.0 Å². The molecule has 1 heterocycles. The van der Waals surface area contributed by atoms with Gasteiger partial charge in [-0.3, -0.25) is 4.18 Å². The van der Waals surface area contributed by atoms with E-state index in [1.165, 1.54) is 6.07 Å². The first kappa shape index (κ1) is 10.6. The van der Waals surface area contributed by atoms with Gasteiger partial charge >= 0.3 is 37.7 Å². The molecular weight excluding hydrogens is 204 g/mol. The smallest absolute Gasteiger partial charge is 1.00 e. The Kier molecular flexibility index (Phi) is 3.31. The molecule has 2 rings (SSSR count). The van der Waals surface area contributed by atoms with Crippen molar-refractivity contribution in [3.05, 3.63) is 29.8 Å². The van der Waals surface area contributed by atoms with E-state index in [0.717, 1.165) is 12.0 Å². The van der Waals surface area contributed by atoms with Gasteiger partial charge in [0.25, 0.3) is 5.12 Å². The van der Waals surface area contributed by atoms with Crippen LogP contribution in [-0.4, -0.2) is 48.0 Å². The van der Waals surface area contributed by atoms with E-state index >= 15 is 0 Å². The Hall–Kier alpha value is 0.550. The van der Waals surface area contributed by atoms with Crippen LogP contribution < -0.4 is 0 Å². The van der Waals surface area contributed by atoms with Crippen LogP contribution in [0.5, 0.6) is 5.75 Å². The number of phenols is 1. The third-order valence-corrected chi connectivity index (χ3v) is 2.19. The van der Waals surface area contributed by atoms with E-state index in [1.54, 1.807) is 18.2 Å². The predicted molar refractivity (Wildman–Crippen MR) is 48.7 cm³/mol. The molecule has 0 aliphatic carbocycles. The number of aromatic hydroxyl groups is 1. The van der Waals surface area contributed by atoms with Gasteiger partial charge in [-0.15, -0.1) is 0 Å². The second kappa shape index (κ2) is 3.74. The van der Waals surface area contributed by atoms with E-state index < -0.39 is 5.12 Å². The third kappa shape index (κ3) is 1.89. The maximum atomic E-state index is 9.36. The Balaban J connectivity index is 0. The van der Waals surface area contributed by atoms with Crippen LogP contribution in [0.4, 0.5) is 0 Å². The van der Waals surface area contributed by atoms with E-state index in [9.17, 15) is 10.2 Å². The summed E-state index contributed by atoms with van der Waals surface area (Å²) >= 11 is 0.933. The van der Waals surface area contributed by atoms with Gasteiger partial charge in [-0.25, -0.2) is 0 Å². The zero-order valence-corrected chi connectivity index (χ0v) is 9.25. The van der Waals surface area contributed by atoms with Crippen LogP contribution in [0, 0.1) is 0 Å². The van der Waals surface area contributed by atoms with Crippen LogP contribution in [0.25, 0.3) is 0 Å². The molecule has 62 valence electrons. The molecule has 1 aliphatic rings. The molecule has 12 heavy (non-hydrogen) atoms. The van der Waals surface area contributed by atoms with Crippen molar-refractivity contribution in [1.82, 2.24) is 0 Å². The molecule has 0 bridgehead atoms. The molecule has 0 saturated carbocycles. The normalized spacial score (nSPS) is 26.1. The van der Waals surface area contributed by atoms with Gasteiger partial charge in [0.1, 0.15) is 5.75 Å². The minimum absolute atomic E-state index is 0. The summed E-state index contributed by atoms with van der Waals surface area (Å²) in [5.41, 5.74) is 0.407. The van der Waals surface area contributed by atoms with E-state index in [4.69, 9.17) is 0 Å². The van der Waals surface area contributed by atoms with Crippen LogP contribution in [0.3, 0.4) is 0 Å². The predicted octanol–water partition coefficient (Wildman–Crippen LogP) is 1.02. The zero-order valence-electron chi connectivity index (χ0n) is 8.23. The van der Waals surface area contributed by atoms with Gasteiger partial charge in [0.05, 0.1) is 17.6 Å². The molecule has 1 aromatic carbocycles. The summed E-state index contributed by atoms with van der Waals surface area (Å²) in [5.74, 6) is 0.0556. The molecule has 1 atom stereocenters. The van der Waals surface area contributed by atoms with Gasteiger partial charge in [0.15, 0.2) is 0 Å². The standard InChI is InChI=1S/C7H6O3S.Ca.2H/c8-6-4-2-1-3-5(6)7(9)10-11-7;;;/h1-4,8-9H;;;/q;+2;2*-1. The molecule has 1 saturated heterocycles. The van der Waals surface area contributed by atoms with Crippen molar-refractivity contribution in [2.45, 2.75) is 5.12 Å². The monoisotopic (exact) mass is 212 g/mol. The molecule has 0 amide bonds. The number of hydrogen-bond donors (Lipinski definition) is 2. The first-order chi connectivity index (χ1) is 5.22. The second-order valence-corrected chi connectivity index (χ2v) is 3.15. The van der Waals surface area contributed by atoms with Gasteiger partial charge < -0.3 is 13.1 Å². The van der Waals surface area contributed by atoms with Gasteiger partial charge in [-0.05, 0) is 12.1 Å². The number of para-hydroxylation sites is 1. The average molecular weight is 212 g/mol. The number of benzene rings is 1. The Morgan fingerprint density at radius 1 is 1.42 bits per heavy atom. The number of phenolic OH excluding ortho intramolecular Hbond substituents is 1.